The summed E-state index contributed by atoms with van der Waals surface area (Å²) >= 11 is 0. The molecule has 0 unspecified atom stereocenters. The van der Waals surface area contributed by atoms with Crippen molar-refractivity contribution in [3.8, 4) is 11.5 Å². The van der Waals surface area contributed by atoms with Crippen molar-refractivity contribution in [3.63, 3.8) is 0 Å². The Bertz CT molecular complexity index is 949. The van der Waals surface area contributed by atoms with Gasteiger partial charge in [-0.05, 0) is 62.4 Å². The number of rotatable bonds is 7. The van der Waals surface area contributed by atoms with Crippen molar-refractivity contribution in [2.75, 3.05) is 39.4 Å². The molecule has 0 saturated carbocycles. The van der Waals surface area contributed by atoms with Crippen LogP contribution in [0.5, 0.6) is 11.5 Å². The average molecular weight is 455 g/mol. The van der Waals surface area contributed by atoms with Crippen molar-refractivity contribution in [3.05, 3.63) is 59.9 Å². The highest BCUT2D eigenvalue weighted by Gasteiger charge is 2.33. The Balaban J connectivity index is 1.06. The molecule has 176 valence electrons. The molecule has 0 aliphatic carbocycles. The summed E-state index contributed by atoms with van der Waals surface area (Å²) in [4.78, 5) is 16.6. The molecular formula is C26H31FN2O4. The van der Waals surface area contributed by atoms with Gasteiger partial charge in [0.05, 0.1) is 6.04 Å². The number of nitrogens with zero attached hydrogens (tertiary/aromatic N) is 2. The number of fused-ring (bicyclic) bond motifs is 1. The van der Waals surface area contributed by atoms with E-state index in [4.69, 9.17) is 14.2 Å². The number of benzene rings is 2. The number of ether oxygens (including phenoxy) is 3. The molecule has 33 heavy (non-hydrogen) atoms. The molecule has 2 aromatic carbocycles. The highest BCUT2D eigenvalue weighted by molar-refractivity contribution is 5.70. The lowest BCUT2D eigenvalue weighted by molar-refractivity contribution is 0.0462. The van der Waals surface area contributed by atoms with Crippen LogP contribution in [0.4, 0.5) is 9.18 Å². The molecule has 0 radical (unpaired) electrons. The lowest BCUT2D eigenvalue weighted by atomic mass is 9.93. The fourth-order valence-electron chi connectivity index (χ4n) is 5.07. The van der Waals surface area contributed by atoms with Crippen molar-refractivity contribution >= 4 is 6.09 Å². The summed E-state index contributed by atoms with van der Waals surface area (Å²) < 4.78 is 30.6. The number of cyclic esters (lactones) is 1. The molecule has 0 aromatic heterocycles. The Morgan fingerprint density at radius 3 is 2.61 bits per heavy atom. The molecule has 3 aliphatic heterocycles. The van der Waals surface area contributed by atoms with Gasteiger partial charge in [0.25, 0.3) is 0 Å². The second-order valence-electron chi connectivity index (χ2n) is 9.29. The van der Waals surface area contributed by atoms with Gasteiger partial charge in [-0.3, -0.25) is 4.90 Å². The van der Waals surface area contributed by atoms with Gasteiger partial charge in [-0.15, -0.1) is 0 Å². The van der Waals surface area contributed by atoms with Crippen LogP contribution in [0.25, 0.3) is 0 Å². The SMILES string of the molecule is O=C1OC[C@H](Cc2ccccc2)N1CCC1CCN(C[C@H]2COc3ccc(F)cc3O2)CC1. The van der Waals surface area contributed by atoms with Gasteiger partial charge in [-0.2, -0.15) is 0 Å². The highest BCUT2D eigenvalue weighted by Crippen LogP contribution is 2.33. The second-order valence-corrected chi connectivity index (χ2v) is 9.29. The third-order valence-electron chi connectivity index (χ3n) is 6.96. The molecule has 1 amide bonds. The van der Waals surface area contributed by atoms with Gasteiger partial charge in [-0.1, -0.05) is 30.3 Å². The number of likely N-dealkylation sites (tertiary alicyclic amines) is 1. The van der Waals surface area contributed by atoms with Crippen LogP contribution < -0.4 is 9.47 Å². The second kappa shape index (κ2) is 10.00. The normalized spacial score (nSPS) is 23.5. The zero-order valence-electron chi connectivity index (χ0n) is 18.8. The minimum atomic E-state index is -0.313. The lowest BCUT2D eigenvalue weighted by Crippen LogP contribution is -2.44. The van der Waals surface area contributed by atoms with E-state index in [1.165, 1.54) is 17.7 Å². The predicted molar refractivity (Wildman–Crippen MR) is 122 cm³/mol. The van der Waals surface area contributed by atoms with E-state index in [0.29, 0.717) is 30.6 Å². The number of amides is 1. The van der Waals surface area contributed by atoms with Gasteiger partial charge in [0.1, 0.15) is 25.1 Å². The minimum absolute atomic E-state index is 0.0889. The minimum Gasteiger partial charge on any atom is -0.486 e. The van der Waals surface area contributed by atoms with E-state index >= 15 is 0 Å². The van der Waals surface area contributed by atoms with Crippen LogP contribution in [0.2, 0.25) is 0 Å². The van der Waals surface area contributed by atoms with Crippen molar-refractivity contribution in [1.82, 2.24) is 9.80 Å². The smallest absolute Gasteiger partial charge is 0.410 e. The van der Waals surface area contributed by atoms with Crippen LogP contribution in [-0.2, 0) is 11.2 Å². The van der Waals surface area contributed by atoms with Gasteiger partial charge in [0, 0.05) is 19.2 Å². The largest absolute Gasteiger partial charge is 0.486 e. The first kappa shape index (κ1) is 22.0. The summed E-state index contributed by atoms with van der Waals surface area (Å²) in [5.41, 5.74) is 1.23. The molecule has 7 heteroatoms. The monoisotopic (exact) mass is 454 g/mol. The maximum Gasteiger partial charge on any atom is 0.410 e. The van der Waals surface area contributed by atoms with Crippen molar-refractivity contribution in [2.45, 2.75) is 37.8 Å². The Hall–Kier alpha value is -2.80. The summed E-state index contributed by atoms with van der Waals surface area (Å²) in [5, 5.41) is 0. The van der Waals surface area contributed by atoms with Crippen LogP contribution in [-0.4, -0.2) is 67.4 Å². The van der Waals surface area contributed by atoms with E-state index < -0.39 is 0 Å². The van der Waals surface area contributed by atoms with Crippen LogP contribution in [0.3, 0.4) is 0 Å². The molecule has 2 saturated heterocycles. The van der Waals surface area contributed by atoms with E-state index in [2.05, 4.69) is 17.0 Å². The molecule has 2 fully saturated rings. The van der Waals surface area contributed by atoms with Gasteiger partial charge >= 0.3 is 6.09 Å². The van der Waals surface area contributed by atoms with Crippen molar-refractivity contribution < 1.29 is 23.4 Å². The van der Waals surface area contributed by atoms with E-state index in [0.717, 1.165) is 51.9 Å². The Labute approximate surface area is 194 Å². The van der Waals surface area contributed by atoms with Gasteiger partial charge < -0.3 is 19.1 Å². The van der Waals surface area contributed by atoms with Gasteiger partial charge in [0.2, 0.25) is 0 Å². The predicted octanol–water partition coefficient (Wildman–Crippen LogP) is 4.13. The van der Waals surface area contributed by atoms with Crippen molar-refractivity contribution in [2.24, 2.45) is 5.92 Å². The topological polar surface area (TPSA) is 51.2 Å². The molecule has 0 N–H and O–H groups in total. The van der Waals surface area contributed by atoms with E-state index in [1.807, 2.05) is 23.1 Å². The maximum atomic E-state index is 13.5. The fourth-order valence-corrected chi connectivity index (χ4v) is 5.07. The van der Waals surface area contributed by atoms with Crippen molar-refractivity contribution in [1.29, 1.82) is 0 Å². The molecule has 2 aromatic rings. The fraction of sp³-hybridized carbons (Fsp3) is 0.500. The highest BCUT2D eigenvalue weighted by atomic mass is 19.1. The first-order chi connectivity index (χ1) is 16.1. The average Bonchev–Trinajstić information content (AvgIpc) is 3.18. The summed E-state index contributed by atoms with van der Waals surface area (Å²) in [6.45, 7) is 4.49. The third kappa shape index (κ3) is 5.41. The Morgan fingerprint density at radius 1 is 0.970 bits per heavy atom. The number of hydrogen-bond donors (Lipinski definition) is 0. The summed E-state index contributed by atoms with van der Waals surface area (Å²) in [6.07, 6.45) is 3.77. The van der Waals surface area contributed by atoms with Gasteiger partial charge in [0.15, 0.2) is 11.5 Å². The Morgan fingerprint density at radius 2 is 1.79 bits per heavy atom. The molecule has 2 atom stereocenters. The summed E-state index contributed by atoms with van der Waals surface area (Å²) in [6, 6.07) is 14.8. The van der Waals surface area contributed by atoms with E-state index in [1.54, 1.807) is 6.07 Å². The quantitative estimate of drug-likeness (QED) is 0.630. The zero-order valence-corrected chi connectivity index (χ0v) is 18.8. The zero-order chi connectivity index (χ0) is 22.6. The van der Waals surface area contributed by atoms with Crippen LogP contribution in [0.1, 0.15) is 24.8 Å². The third-order valence-corrected chi connectivity index (χ3v) is 6.96. The Kier molecular flexibility index (Phi) is 6.67. The molecule has 0 bridgehead atoms. The standard InChI is InChI=1S/C26H31FN2O4/c27-21-6-7-24-25(15-21)33-23(18-31-24)16-28-11-8-19(9-12-28)10-13-29-22(17-32-26(29)30)14-20-4-2-1-3-5-20/h1-7,15,19,22-23H,8-14,16-18H2/t22-,23-/m0/s1. The molecule has 6 nitrogen and oxygen atoms in total. The first-order valence-corrected chi connectivity index (χ1v) is 11.9. The summed E-state index contributed by atoms with van der Waals surface area (Å²) in [5.74, 6) is 1.39. The van der Waals surface area contributed by atoms with E-state index in [-0.39, 0.29) is 24.1 Å². The molecule has 0 spiro atoms. The maximum absolute atomic E-state index is 13.5. The molecule has 3 aliphatic rings. The molecule has 5 rings (SSSR count). The van der Waals surface area contributed by atoms with Crippen LogP contribution in [0.15, 0.2) is 48.5 Å². The number of carbonyl (C=O) groups is 1. The summed E-state index contributed by atoms with van der Waals surface area (Å²) in [7, 11) is 0. The molecular weight excluding hydrogens is 423 g/mol. The van der Waals surface area contributed by atoms with E-state index in [9.17, 15) is 9.18 Å². The van der Waals surface area contributed by atoms with Crippen LogP contribution in [0, 0.1) is 11.7 Å². The van der Waals surface area contributed by atoms with Gasteiger partial charge in [-0.25, -0.2) is 9.18 Å². The van der Waals surface area contributed by atoms with Crippen LogP contribution >= 0.6 is 0 Å². The number of hydrogen-bond acceptors (Lipinski definition) is 5. The first-order valence-electron chi connectivity index (χ1n) is 11.9. The lowest BCUT2D eigenvalue weighted by Gasteiger charge is -2.36. The number of carbonyl (C=O) groups excluding carboxylic acids is 1. The molecule has 3 heterocycles. The number of piperidine rings is 1. The number of halogens is 1.